The highest BCUT2D eigenvalue weighted by atomic mass is 16.4. The van der Waals surface area contributed by atoms with Crippen molar-refractivity contribution >= 4 is 5.69 Å². The first-order chi connectivity index (χ1) is 6.35. The third-order valence-corrected chi connectivity index (χ3v) is 1.21. The standard InChI is InChI=1S/C8H11NO.C2H6O/c10-7-6-9-8-4-2-1-3-5-8;1-3-2/h1-5,9-10H,6-7H2;1-2H3. The molecular formula is C10H17NO2. The zero-order valence-corrected chi connectivity index (χ0v) is 8.16. The van der Waals surface area contributed by atoms with Crippen molar-refractivity contribution < 1.29 is 9.84 Å². The van der Waals surface area contributed by atoms with E-state index in [0.717, 1.165) is 5.69 Å². The van der Waals surface area contributed by atoms with Gasteiger partial charge in [0.2, 0.25) is 0 Å². The molecule has 74 valence electrons. The Balaban J connectivity index is 0.000000424. The highest BCUT2D eigenvalue weighted by Crippen LogP contribution is 2.02. The first-order valence-electron chi connectivity index (χ1n) is 4.15. The molecule has 0 aliphatic rings. The fraction of sp³-hybridized carbons (Fsp3) is 0.400. The molecule has 0 bridgehead atoms. The summed E-state index contributed by atoms with van der Waals surface area (Å²) in [6.45, 7) is 0.791. The summed E-state index contributed by atoms with van der Waals surface area (Å²) in [5.41, 5.74) is 1.05. The topological polar surface area (TPSA) is 41.5 Å². The fourth-order valence-corrected chi connectivity index (χ4v) is 0.756. The van der Waals surface area contributed by atoms with E-state index in [4.69, 9.17) is 5.11 Å². The molecule has 0 fully saturated rings. The van der Waals surface area contributed by atoms with Gasteiger partial charge in [-0.3, -0.25) is 0 Å². The van der Waals surface area contributed by atoms with E-state index >= 15 is 0 Å². The van der Waals surface area contributed by atoms with Crippen LogP contribution in [0.3, 0.4) is 0 Å². The molecule has 1 aromatic rings. The summed E-state index contributed by atoms with van der Waals surface area (Å²) in [4.78, 5) is 0. The van der Waals surface area contributed by atoms with E-state index in [1.54, 1.807) is 14.2 Å². The first kappa shape index (κ1) is 11.9. The molecule has 0 aromatic heterocycles. The maximum absolute atomic E-state index is 8.47. The van der Waals surface area contributed by atoms with E-state index in [1.165, 1.54) is 0 Å². The van der Waals surface area contributed by atoms with Gasteiger partial charge in [-0.05, 0) is 12.1 Å². The van der Waals surface area contributed by atoms with Crippen molar-refractivity contribution in [1.29, 1.82) is 0 Å². The molecule has 1 rings (SSSR count). The van der Waals surface area contributed by atoms with Crippen LogP contribution < -0.4 is 5.32 Å². The normalized spacial score (nSPS) is 8.54. The van der Waals surface area contributed by atoms with Crippen molar-refractivity contribution in [2.45, 2.75) is 0 Å². The van der Waals surface area contributed by atoms with Gasteiger partial charge < -0.3 is 15.2 Å². The Bertz CT molecular complexity index is 189. The van der Waals surface area contributed by atoms with Gasteiger partial charge in [0.1, 0.15) is 0 Å². The number of hydrogen-bond donors (Lipinski definition) is 2. The highest BCUT2D eigenvalue weighted by Gasteiger charge is 1.84. The van der Waals surface area contributed by atoms with Crippen LogP contribution in [-0.4, -0.2) is 32.5 Å². The van der Waals surface area contributed by atoms with Gasteiger partial charge in [0.25, 0.3) is 0 Å². The Labute approximate surface area is 79.4 Å². The molecule has 13 heavy (non-hydrogen) atoms. The number of hydrogen-bond acceptors (Lipinski definition) is 3. The summed E-state index contributed by atoms with van der Waals surface area (Å²) < 4.78 is 4.25. The second kappa shape index (κ2) is 9.03. The van der Waals surface area contributed by atoms with Gasteiger partial charge in [-0.2, -0.15) is 0 Å². The number of nitrogens with one attached hydrogen (secondary N) is 1. The number of aliphatic hydroxyl groups is 1. The summed E-state index contributed by atoms with van der Waals surface area (Å²) >= 11 is 0. The smallest absolute Gasteiger partial charge is 0.0604 e. The molecule has 0 atom stereocenters. The molecule has 0 unspecified atom stereocenters. The van der Waals surface area contributed by atoms with Crippen LogP contribution in [0.5, 0.6) is 0 Å². The van der Waals surface area contributed by atoms with E-state index in [2.05, 4.69) is 10.1 Å². The first-order valence-corrected chi connectivity index (χ1v) is 4.15. The van der Waals surface area contributed by atoms with Crippen LogP contribution in [0.25, 0.3) is 0 Å². The van der Waals surface area contributed by atoms with Crippen LogP contribution in [0.15, 0.2) is 30.3 Å². The molecule has 0 saturated heterocycles. The average molecular weight is 183 g/mol. The third kappa shape index (κ3) is 7.31. The Hall–Kier alpha value is -1.06. The van der Waals surface area contributed by atoms with E-state index in [0.29, 0.717) is 6.54 Å². The van der Waals surface area contributed by atoms with Crippen molar-refractivity contribution in [3.8, 4) is 0 Å². The minimum Gasteiger partial charge on any atom is -0.395 e. The van der Waals surface area contributed by atoms with Crippen molar-refractivity contribution in [2.24, 2.45) is 0 Å². The van der Waals surface area contributed by atoms with Crippen LogP contribution in [-0.2, 0) is 4.74 Å². The molecule has 0 aliphatic heterocycles. The van der Waals surface area contributed by atoms with Gasteiger partial charge >= 0.3 is 0 Å². The zero-order chi connectivity index (χ0) is 9.94. The van der Waals surface area contributed by atoms with Gasteiger partial charge in [0, 0.05) is 26.5 Å². The van der Waals surface area contributed by atoms with Crippen molar-refractivity contribution in [3.05, 3.63) is 30.3 Å². The minimum atomic E-state index is 0.175. The molecule has 0 heterocycles. The van der Waals surface area contributed by atoms with Crippen LogP contribution in [0, 0.1) is 0 Å². The minimum absolute atomic E-state index is 0.175. The van der Waals surface area contributed by atoms with Gasteiger partial charge in [0.15, 0.2) is 0 Å². The molecule has 0 radical (unpaired) electrons. The Morgan fingerprint density at radius 1 is 1.23 bits per heavy atom. The molecule has 3 heteroatoms. The van der Waals surface area contributed by atoms with E-state index in [9.17, 15) is 0 Å². The number of anilines is 1. The Morgan fingerprint density at radius 2 is 1.77 bits per heavy atom. The van der Waals surface area contributed by atoms with Gasteiger partial charge in [-0.1, -0.05) is 18.2 Å². The fourth-order valence-electron chi connectivity index (χ4n) is 0.756. The van der Waals surface area contributed by atoms with Gasteiger partial charge in [0.05, 0.1) is 6.61 Å². The summed E-state index contributed by atoms with van der Waals surface area (Å²) in [5.74, 6) is 0. The quantitative estimate of drug-likeness (QED) is 0.743. The molecule has 3 nitrogen and oxygen atoms in total. The Morgan fingerprint density at radius 3 is 2.23 bits per heavy atom. The molecule has 0 saturated carbocycles. The lowest BCUT2D eigenvalue weighted by Gasteiger charge is -2.01. The van der Waals surface area contributed by atoms with Crippen molar-refractivity contribution in [2.75, 3.05) is 32.7 Å². The summed E-state index contributed by atoms with van der Waals surface area (Å²) in [5, 5.41) is 11.5. The van der Waals surface area contributed by atoms with Crippen molar-refractivity contribution in [1.82, 2.24) is 0 Å². The Kier molecular flexibility index (Phi) is 8.30. The average Bonchev–Trinajstić information content (AvgIpc) is 2.18. The van der Waals surface area contributed by atoms with Crippen LogP contribution in [0.1, 0.15) is 0 Å². The number of methoxy groups -OCH3 is 1. The largest absolute Gasteiger partial charge is 0.395 e. The maximum Gasteiger partial charge on any atom is 0.0604 e. The molecule has 0 amide bonds. The number of benzene rings is 1. The summed E-state index contributed by atoms with van der Waals surface area (Å²) in [6.07, 6.45) is 0. The number of para-hydroxylation sites is 1. The number of ether oxygens (including phenoxy) is 1. The second-order valence-corrected chi connectivity index (χ2v) is 2.42. The molecule has 0 aliphatic carbocycles. The summed E-state index contributed by atoms with van der Waals surface area (Å²) in [7, 11) is 3.25. The second-order valence-electron chi connectivity index (χ2n) is 2.42. The van der Waals surface area contributed by atoms with Crippen LogP contribution in [0.4, 0.5) is 5.69 Å². The monoisotopic (exact) mass is 183 g/mol. The molecular weight excluding hydrogens is 166 g/mol. The summed E-state index contributed by atoms with van der Waals surface area (Å²) in [6, 6.07) is 9.81. The lowest BCUT2D eigenvalue weighted by molar-refractivity contribution is 0.277. The van der Waals surface area contributed by atoms with Gasteiger partial charge in [-0.15, -0.1) is 0 Å². The predicted molar refractivity (Wildman–Crippen MR) is 55.0 cm³/mol. The molecule has 2 N–H and O–H groups in total. The molecule has 1 aromatic carbocycles. The molecule has 0 spiro atoms. The number of rotatable bonds is 3. The zero-order valence-electron chi connectivity index (χ0n) is 8.16. The van der Waals surface area contributed by atoms with Crippen molar-refractivity contribution in [3.63, 3.8) is 0 Å². The van der Waals surface area contributed by atoms with Gasteiger partial charge in [-0.25, -0.2) is 0 Å². The lowest BCUT2D eigenvalue weighted by atomic mass is 10.3. The van der Waals surface area contributed by atoms with E-state index in [1.807, 2.05) is 30.3 Å². The highest BCUT2D eigenvalue weighted by molar-refractivity contribution is 5.42. The third-order valence-electron chi connectivity index (χ3n) is 1.21. The SMILES string of the molecule is COC.OCCNc1ccccc1. The van der Waals surface area contributed by atoms with Crippen LogP contribution >= 0.6 is 0 Å². The predicted octanol–water partition coefficient (Wildman–Crippen LogP) is 1.35. The van der Waals surface area contributed by atoms with E-state index < -0.39 is 0 Å². The lowest BCUT2D eigenvalue weighted by Crippen LogP contribution is -2.04. The van der Waals surface area contributed by atoms with Crippen LogP contribution in [0.2, 0.25) is 0 Å². The van der Waals surface area contributed by atoms with E-state index in [-0.39, 0.29) is 6.61 Å². The maximum atomic E-state index is 8.47. The number of aliphatic hydroxyl groups excluding tert-OH is 1.